The third-order valence-electron chi connectivity index (χ3n) is 1.46. The first-order chi connectivity index (χ1) is 6.74. The maximum Gasteiger partial charge on any atom is 0.320 e. The zero-order chi connectivity index (χ0) is 12.5. The SMILES string of the molecule is C/C=C(\[O-])C(=O)O.C[N+](C)(C)CCCO.Cl. The number of hydrogen-bond donors (Lipinski definition) is 2. The third kappa shape index (κ3) is 18.9. The van der Waals surface area contributed by atoms with Crippen LogP contribution in [0.3, 0.4) is 0 Å². The Hall–Kier alpha value is -0.780. The molecule has 0 rings (SSSR count). The summed E-state index contributed by atoms with van der Waals surface area (Å²) in [6.45, 7) is 2.75. The molecule has 0 bridgehead atoms. The van der Waals surface area contributed by atoms with Gasteiger partial charge in [0.2, 0.25) is 0 Å². The van der Waals surface area contributed by atoms with E-state index in [-0.39, 0.29) is 12.4 Å². The molecule has 0 saturated carbocycles. The van der Waals surface area contributed by atoms with Gasteiger partial charge in [0.05, 0.1) is 27.7 Å². The molecular weight excluding hydrogens is 234 g/mol. The van der Waals surface area contributed by atoms with Crippen LogP contribution in [-0.4, -0.2) is 55.0 Å². The minimum atomic E-state index is -1.40. The van der Waals surface area contributed by atoms with E-state index in [1.807, 2.05) is 0 Å². The Balaban J connectivity index is -0.000000200. The van der Waals surface area contributed by atoms with Crippen molar-refractivity contribution in [3.63, 3.8) is 0 Å². The Morgan fingerprint density at radius 1 is 1.38 bits per heavy atom. The molecule has 0 aliphatic rings. The van der Waals surface area contributed by atoms with Crippen LogP contribution in [0.1, 0.15) is 13.3 Å². The summed E-state index contributed by atoms with van der Waals surface area (Å²) in [4.78, 5) is 9.55. The van der Waals surface area contributed by atoms with Gasteiger partial charge in [0.1, 0.15) is 0 Å². The summed E-state index contributed by atoms with van der Waals surface area (Å²) in [5.41, 5.74) is 0. The normalized spacial score (nSPS) is 10.9. The molecule has 0 unspecified atom stereocenters. The number of carbonyl (C=O) groups is 1. The van der Waals surface area contributed by atoms with E-state index in [0.29, 0.717) is 6.61 Å². The lowest BCUT2D eigenvalue weighted by molar-refractivity contribution is -0.870. The Labute approximate surface area is 103 Å². The van der Waals surface area contributed by atoms with E-state index in [1.54, 1.807) is 0 Å². The second-order valence-corrected chi connectivity index (χ2v) is 4.05. The lowest BCUT2D eigenvalue weighted by Crippen LogP contribution is -2.35. The molecule has 6 heteroatoms. The first-order valence-electron chi connectivity index (χ1n) is 4.72. The smallest absolute Gasteiger partial charge is 0.320 e. The summed E-state index contributed by atoms with van der Waals surface area (Å²) in [5, 5.41) is 26.1. The van der Waals surface area contributed by atoms with Crippen LogP contribution in [0.2, 0.25) is 0 Å². The highest BCUT2D eigenvalue weighted by Crippen LogP contribution is 1.90. The second-order valence-electron chi connectivity index (χ2n) is 4.05. The fourth-order valence-corrected chi connectivity index (χ4v) is 0.669. The molecule has 0 fully saturated rings. The zero-order valence-corrected chi connectivity index (χ0v) is 11.1. The van der Waals surface area contributed by atoms with Gasteiger partial charge in [0.25, 0.3) is 0 Å². The van der Waals surface area contributed by atoms with Gasteiger partial charge in [-0.2, -0.15) is 0 Å². The Kier molecular flexibility index (Phi) is 13.8. The number of quaternary nitrogens is 1. The lowest BCUT2D eigenvalue weighted by Gasteiger charge is -2.22. The number of carboxylic acids is 1. The minimum Gasteiger partial charge on any atom is -0.868 e. The van der Waals surface area contributed by atoms with Crippen LogP contribution in [0.15, 0.2) is 11.8 Å². The number of aliphatic hydroxyl groups excluding tert-OH is 1. The maximum absolute atomic E-state index is 9.86. The molecule has 0 aromatic carbocycles. The number of rotatable bonds is 4. The molecule has 16 heavy (non-hydrogen) atoms. The summed E-state index contributed by atoms with van der Waals surface area (Å²) >= 11 is 0. The first kappa shape index (κ1) is 20.6. The van der Waals surface area contributed by atoms with Gasteiger partial charge in [-0.1, -0.05) is 6.08 Å². The molecule has 2 N–H and O–H groups in total. The molecular formula is C10H22ClNO4. The van der Waals surface area contributed by atoms with Crippen LogP contribution in [0, 0.1) is 0 Å². The first-order valence-corrected chi connectivity index (χ1v) is 4.72. The molecule has 0 amide bonds. The summed E-state index contributed by atoms with van der Waals surface area (Å²) < 4.78 is 0.945. The molecule has 0 saturated heterocycles. The van der Waals surface area contributed by atoms with E-state index < -0.39 is 11.7 Å². The molecule has 0 aromatic heterocycles. The molecule has 0 spiro atoms. The summed E-state index contributed by atoms with van der Waals surface area (Å²) in [5.74, 6) is -2.26. The van der Waals surface area contributed by atoms with Crippen molar-refractivity contribution >= 4 is 18.4 Å². The quantitative estimate of drug-likeness (QED) is 0.415. The number of aliphatic hydroxyl groups is 1. The van der Waals surface area contributed by atoms with Crippen molar-refractivity contribution in [3.05, 3.63) is 11.8 Å². The average Bonchev–Trinajstić information content (AvgIpc) is 2.13. The Morgan fingerprint density at radius 3 is 1.88 bits per heavy atom. The van der Waals surface area contributed by atoms with Gasteiger partial charge >= 0.3 is 5.97 Å². The van der Waals surface area contributed by atoms with E-state index in [4.69, 9.17) is 10.2 Å². The lowest BCUT2D eigenvalue weighted by atomic mass is 10.4. The second kappa shape index (κ2) is 10.7. The fourth-order valence-electron chi connectivity index (χ4n) is 0.669. The van der Waals surface area contributed by atoms with E-state index in [1.165, 1.54) is 6.92 Å². The predicted molar refractivity (Wildman–Crippen MR) is 63.2 cm³/mol. The minimum absolute atomic E-state index is 0. The van der Waals surface area contributed by atoms with E-state index in [9.17, 15) is 9.90 Å². The van der Waals surface area contributed by atoms with Gasteiger partial charge in [0.15, 0.2) is 0 Å². The molecule has 0 aliphatic carbocycles. The largest absolute Gasteiger partial charge is 0.868 e. The third-order valence-corrected chi connectivity index (χ3v) is 1.46. The number of allylic oxidation sites excluding steroid dienone is 1. The predicted octanol–water partition coefficient (Wildman–Crippen LogP) is -0.168. The number of aliphatic carboxylic acids is 1. The zero-order valence-electron chi connectivity index (χ0n) is 10.3. The summed E-state index contributed by atoms with van der Waals surface area (Å²) in [6, 6.07) is 0. The average molecular weight is 256 g/mol. The van der Waals surface area contributed by atoms with Crippen molar-refractivity contribution in [2.75, 3.05) is 34.3 Å². The van der Waals surface area contributed by atoms with Crippen LogP contribution in [0.25, 0.3) is 0 Å². The number of hydrogen-bond acceptors (Lipinski definition) is 3. The van der Waals surface area contributed by atoms with Gasteiger partial charge in [-0.25, -0.2) is 4.79 Å². The number of halogens is 1. The van der Waals surface area contributed by atoms with Crippen molar-refractivity contribution in [2.24, 2.45) is 0 Å². The van der Waals surface area contributed by atoms with Crippen molar-refractivity contribution in [1.29, 1.82) is 0 Å². The van der Waals surface area contributed by atoms with E-state index >= 15 is 0 Å². The number of nitrogens with zero attached hydrogens (tertiary/aromatic N) is 1. The molecule has 0 radical (unpaired) electrons. The topological polar surface area (TPSA) is 80.6 Å². The maximum atomic E-state index is 9.86. The summed E-state index contributed by atoms with van der Waals surface area (Å²) in [6.07, 6.45) is 1.91. The van der Waals surface area contributed by atoms with Crippen molar-refractivity contribution in [3.8, 4) is 0 Å². The van der Waals surface area contributed by atoms with Gasteiger partial charge in [0, 0.05) is 13.0 Å². The van der Waals surface area contributed by atoms with Crippen molar-refractivity contribution in [2.45, 2.75) is 13.3 Å². The highest BCUT2D eigenvalue weighted by Gasteiger charge is 2.03. The number of carboxylic acid groups (broad SMARTS) is 1. The van der Waals surface area contributed by atoms with Gasteiger partial charge in [-0.05, 0) is 12.7 Å². The van der Waals surface area contributed by atoms with Crippen LogP contribution in [0.4, 0.5) is 0 Å². The highest BCUT2D eigenvalue weighted by atomic mass is 35.5. The Bertz CT molecular complexity index is 211. The monoisotopic (exact) mass is 255 g/mol. The highest BCUT2D eigenvalue weighted by molar-refractivity contribution is 5.85. The molecule has 0 aliphatic heterocycles. The van der Waals surface area contributed by atoms with Gasteiger partial charge < -0.3 is 19.8 Å². The van der Waals surface area contributed by atoms with Gasteiger partial charge in [-0.15, -0.1) is 12.4 Å². The van der Waals surface area contributed by atoms with Crippen LogP contribution >= 0.6 is 12.4 Å². The Morgan fingerprint density at radius 2 is 1.81 bits per heavy atom. The summed E-state index contributed by atoms with van der Waals surface area (Å²) in [7, 11) is 6.36. The van der Waals surface area contributed by atoms with Crippen molar-refractivity contribution < 1.29 is 24.6 Å². The molecule has 0 aromatic rings. The molecule has 98 valence electrons. The van der Waals surface area contributed by atoms with Crippen LogP contribution < -0.4 is 5.11 Å². The van der Waals surface area contributed by atoms with Gasteiger partial charge in [-0.3, -0.25) is 0 Å². The van der Waals surface area contributed by atoms with E-state index in [2.05, 4.69) is 21.1 Å². The molecule has 0 atom stereocenters. The van der Waals surface area contributed by atoms with Crippen LogP contribution in [-0.2, 0) is 4.79 Å². The van der Waals surface area contributed by atoms with Crippen LogP contribution in [0.5, 0.6) is 0 Å². The standard InChI is InChI=1S/C6H16NO.C4H6O3.ClH/c1-7(2,3)5-4-6-8;1-2-3(5)4(6)7;/h8H,4-6H2,1-3H3;2,5H,1H3,(H,6,7);1H/q+1;;/p-1/b;3-2-;. The van der Waals surface area contributed by atoms with Crippen molar-refractivity contribution in [1.82, 2.24) is 0 Å². The fraction of sp³-hybridized carbons (Fsp3) is 0.700. The molecule has 0 heterocycles. The molecule has 5 nitrogen and oxygen atoms in total. The van der Waals surface area contributed by atoms with E-state index in [0.717, 1.165) is 23.5 Å².